The Morgan fingerprint density at radius 1 is 1.05 bits per heavy atom. The molecule has 5 rings (SSSR count). The number of hydrogen-bond acceptors (Lipinski definition) is 16. The van der Waals surface area contributed by atoms with Gasteiger partial charge >= 0.3 is 13.5 Å². The van der Waals surface area contributed by atoms with Gasteiger partial charge in [0.1, 0.15) is 48.5 Å². The van der Waals surface area contributed by atoms with E-state index in [1.54, 1.807) is 0 Å². The second-order valence-corrected chi connectivity index (χ2v) is 10.1. The summed E-state index contributed by atoms with van der Waals surface area (Å²) < 4.78 is 36.0. The molecule has 9 atom stereocenters. The number of ether oxygens (including phenoxy) is 2. The Morgan fingerprint density at radius 3 is 2.48 bits per heavy atom. The number of nitrogens with two attached hydrogens (primary N) is 1. The summed E-state index contributed by atoms with van der Waals surface area (Å²) in [5.41, 5.74) is 4.50. The van der Waals surface area contributed by atoms with E-state index in [9.17, 15) is 39.5 Å². The predicted molar refractivity (Wildman–Crippen MR) is 130 cm³/mol. The van der Waals surface area contributed by atoms with Crippen molar-refractivity contribution in [1.29, 1.82) is 0 Å². The van der Waals surface area contributed by atoms with E-state index in [-0.39, 0.29) is 23.1 Å². The Balaban J connectivity index is 0.00000370. The second-order valence-electron chi connectivity index (χ2n) is 8.72. The zero-order valence-corrected chi connectivity index (χ0v) is 21.3. The molecule has 21 heteroatoms. The van der Waals surface area contributed by atoms with Gasteiger partial charge in [0, 0.05) is 12.3 Å². The Labute approximate surface area is 222 Å². The molecule has 0 radical (unpaired) electrons. The molecule has 3 aromatic heterocycles. The van der Waals surface area contributed by atoms with Crippen molar-refractivity contribution in [2.45, 2.75) is 49.1 Å². The quantitative estimate of drug-likeness (QED) is 0.118. The Bertz CT molecular complexity index is 1510. The summed E-state index contributed by atoms with van der Waals surface area (Å²) in [5.74, 6) is 0.0778. The Morgan fingerprint density at radius 2 is 1.77 bits per heavy atom. The number of H-pyrrole nitrogens is 1. The van der Waals surface area contributed by atoms with Gasteiger partial charge in [0.2, 0.25) is 0 Å². The van der Waals surface area contributed by atoms with E-state index in [1.807, 2.05) is 4.98 Å². The van der Waals surface area contributed by atoms with Gasteiger partial charge in [0.15, 0.2) is 23.9 Å². The molecular formula is C19H27N8O12P. The third kappa shape index (κ3) is 5.42. The summed E-state index contributed by atoms with van der Waals surface area (Å²) in [4.78, 5) is 47.8. The van der Waals surface area contributed by atoms with Crippen molar-refractivity contribution in [2.75, 3.05) is 18.9 Å². The molecule has 3 aromatic rings. The fraction of sp³-hybridized carbons (Fsp3) is 0.526. The lowest BCUT2D eigenvalue weighted by Crippen LogP contribution is -2.39. The molecule has 0 spiro atoms. The molecule has 220 valence electrons. The van der Waals surface area contributed by atoms with Crippen LogP contribution < -0.4 is 23.1 Å². The fourth-order valence-electron chi connectivity index (χ4n) is 4.34. The molecule has 5 heterocycles. The van der Waals surface area contributed by atoms with E-state index in [0.717, 1.165) is 16.8 Å². The largest absolute Gasteiger partial charge is 0.472 e. The van der Waals surface area contributed by atoms with Crippen LogP contribution in [0.1, 0.15) is 12.5 Å². The number of phosphoric ester groups is 1. The smallest absolute Gasteiger partial charge is 0.394 e. The topological polar surface area (TPSA) is 315 Å². The summed E-state index contributed by atoms with van der Waals surface area (Å²) in [6.45, 7) is -1.49. The van der Waals surface area contributed by atoms with Crippen molar-refractivity contribution in [2.24, 2.45) is 0 Å². The highest BCUT2D eigenvalue weighted by molar-refractivity contribution is 7.47. The van der Waals surface area contributed by atoms with Crippen LogP contribution in [0.3, 0.4) is 0 Å². The van der Waals surface area contributed by atoms with Crippen molar-refractivity contribution >= 4 is 24.8 Å². The first-order valence-corrected chi connectivity index (χ1v) is 12.9. The van der Waals surface area contributed by atoms with Crippen LogP contribution in [0.2, 0.25) is 0 Å². The maximum Gasteiger partial charge on any atom is 0.472 e. The number of fused-ring (bicyclic) bond motifs is 1. The van der Waals surface area contributed by atoms with Gasteiger partial charge in [-0.15, -0.1) is 0 Å². The highest BCUT2D eigenvalue weighted by Crippen LogP contribution is 2.49. The highest BCUT2D eigenvalue weighted by Gasteiger charge is 2.50. The lowest BCUT2D eigenvalue weighted by Gasteiger charge is -2.25. The monoisotopic (exact) mass is 590 g/mol. The number of nitrogens with zero attached hydrogens (tertiary/aromatic N) is 5. The van der Waals surface area contributed by atoms with Crippen LogP contribution in [0.4, 0.5) is 5.82 Å². The maximum atomic E-state index is 12.8. The second kappa shape index (κ2) is 11.4. The predicted octanol–water partition coefficient (Wildman–Crippen LogP) is -3.51. The van der Waals surface area contributed by atoms with E-state index in [4.69, 9.17) is 24.3 Å². The van der Waals surface area contributed by atoms with E-state index in [0.29, 0.717) is 0 Å². The first kappa shape index (κ1) is 29.8. The molecule has 0 bridgehead atoms. The summed E-state index contributed by atoms with van der Waals surface area (Å²) in [5, 5.41) is 41.0. The van der Waals surface area contributed by atoms with Crippen LogP contribution in [0, 0.1) is 0 Å². The standard InChI is InChI=1S/C19H24N7O12P.H3N/c20-15-10-16(22-5-21-15)26(6-23-10)17-13(31)11(29)8(37-17)4-35-39(33,34)38-14-12(30)7(3-27)36-18(14)25-2-1-9(28)24-19(25)32;/h1-2,5-8,11-14,17-18,27,29-31H,3-4H2,(H,33,34)(H2,20,21,22)(H,24,28,32);1H3. The van der Waals surface area contributed by atoms with Crippen LogP contribution in [0.25, 0.3) is 11.2 Å². The van der Waals surface area contributed by atoms with Crippen molar-refractivity contribution in [1.82, 2.24) is 35.2 Å². The van der Waals surface area contributed by atoms with Gasteiger partial charge < -0.3 is 46.7 Å². The van der Waals surface area contributed by atoms with Gasteiger partial charge in [0.05, 0.1) is 19.5 Å². The van der Waals surface area contributed by atoms with Crippen LogP contribution in [-0.4, -0.2) is 104 Å². The van der Waals surface area contributed by atoms with Gasteiger partial charge in [-0.3, -0.25) is 28.0 Å². The van der Waals surface area contributed by atoms with Gasteiger partial charge in [-0.25, -0.2) is 24.3 Å². The average molecular weight is 590 g/mol. The van der Waals surface area contributed by atoms with Crippen molar-refractivity contribution in [3.63, 3.8) is 0 Å². The lowest BCUT2D eigenvalue weighted by molar-refractivity contribution is -0.0635. The molecule has 2 saturated heterocycles. The molecule has 11 N–H and O–H groups in total. The van der Waals surface area contributed by atoms with Gasteiger partial charge in [0.25, 0.3) is 5.56 Å². The number of anilines is 1. The summed E-state index contributed by atoms with van der Waals surface area (Å²) in [7, 11) is -5.06. The number of aliphatic hydroxyl groups excluding tert-OH is 4. The number of aromatic amines is 1. The van der Waals surface area contributed by atoms with E-state index >= 15 is 0 Å². The van der Waals surface area contributed by atoms with Gasteiger partial charge in [-0.05, 0) is 0 Å². The molecule has 20 nitrogen and oxygen atoms in total. The van der Waals surface area contributed by atoms with Crippen LogP contribution in [0.5, 0.6) is 0 Å². The van der Waals surface area contributed by atoms with E-state index in [2.05, 4.69) is 15.0 Å². The molecule has 2 fully saturated rings. The lowest BCUT2D eigenvalue weighted by atomic mass is 10.1. The van der Waals surface area contributed by atoms with Crippen molar-refractivity contribution in [3.05, 3.63) is 45.8 Å². The third-order valence-corrected chi connectivity index (χ3v) is 7.26. The van der Waals surface area contributed by atoms with Crippen LogP contribution in [-0.2, 0) is 23.1 Å². The summed E-state index contributed by atoms with van der Waals surface area (Å²) >= 11 is 0. The SMILES string of the molecule is N.Nc1ncnc2c1ncn2C1OC(COP(=O)(O)OC2C(O)C(CO)OC2n2ccc(=O)[nH]c2=O)C(O)C1O. The molecule has 2 aliphatic rings. The molecule has 40 heavy (non-hydrogen) atoms. The van der Waals surface area contributed by atoms with Crippen LogP contribution in [0.15, 0.2) is 34.5 Å². The molecule has 0 amide bonds. The highest BCUT2D eigenvalue weighted by atomic mass is 31.2. The molecule has 0 aliphatic carbocycles. The fourth-order valence-corrected chi connectivity index (χ4v) is 5.27. The Hall–Kier alpha value is -3.14. The number of rotatable bonds is 8. The molecule has 9 unspecified atom stereocenters. The van der Waals surface area contributed by atoms with E-state index < -0.39 is 81.4 Å². The zero-order valence-electron chi connectivity index (χ0n) is 20.4. The molecular weight excluding hydrogens is 563 g/mol. The summed E-state index contributed by atoms with van der Waals surface area (Å²) in [6, 6.07) is 0.972. The molecule has 0 saturated carbocycles. The number of phosphoric acid groups is 1. The number of aliphatic hydroxyl groups is 4. The zero-order chi connectivity index (χ0) is 28.1. The number of nitrogens with one attached hydrogen (secondary N) is 1. The van der Waals surface area contributed by atoms with Crippen LogP contribution >= 0.6 is 7.82 Å². The minimum Gasteiger partial charge on any atom is -0.394 e. The molecule has 2 aliphatic heterocycles. The number of imidazole rings is 1. The van der Waals surface area contributed by atoms with Crippen molar-refractivity contribution in [3.8, 4) is 0 Å². The van der Waals surface area contributed by atoms with Crippen molar-refractivity contribution < 1.29 is 48.4 Å². The van der Waals surface area contributed by atoms with Gasteiger partial charge in [-0.2, -0.15) is 0 Å². The minimum atomic E-state index is -5.06. The average Bonchev–Trinajstić information content (AvgIpc) is 3.53. The summed E-state index contributed by atoms with van der Waals surface area (Å²) in [6.07, 6.45) is -8.47. The minimum absolute atomic E-state index is 0. The molecule has 0 aromatic carbocycles. The Kier molecular flexibility index (Phi) is 8.49. The number of nitrogen functional groups attached to an aromatic ring is 1. The van der Waals surface area contributed by atoms with Gasteiger partial charge in [-0.1, -0.05) is 0 Å². The maximum absolute atomic E-state index is 12.8. The normalized spacial score (nSPS) is 31.7. The number of hydrogen-bond donors (Lipinski definition) is 8. The third-order valence-electron chi connectivity index (χ3n) is 6.27. The first-order chi connectivity index (χ1) is 18.5. The first-order valence-electron chi connectivity index (χ1n) is 11.4. The number of aromatic nitrogens is 6. The van der Waals surface area contributed by atoms with E-state index in [1.165, 1.54) is 17.2 Å².